The number of carbonyl (C=O) groups is 2. The molecule has 3 aromatic rings. The van der Waals surface area contributed by atoms with E-state index in [-0.39, 0.29) is 0 Å². The average molecular weight is 418 g/mol. The molecule has 1 aromatic heterocycles. The largest absolute Gasteiger partial charge is 0.480 e. The molecule has 7 nitrogen and oxygen atoms in total. The Morgan fingerprint density at radius 2 is 1.81 bits per heavy atom. The fourth-order valence-corrected chi connectivity index (χ4v) is 3.18. The van der Waals surface area contributed by atoms with Crippen molar-refractivity contribution in [3.63, 3.8) is 0 Å². The Labute approximate surface area is 181 Å². The molecule has 0 aliphatic heterocycles. The summed E-state index contributed by atoms with van der Waals surface area (Å²) in [7, 11) is 0. The van der Waals surface area contributed by atoms with Crippen LogP contribution in [-0.4, -0.2) is 33.0 Å². The molecule has 0 aliphatic rings. The maximum atomic E-state index is 12.6. The van der Waals surface area contributed by atoms with E-state index in [9.17, 15) is 14.7 Å². The average Bonchev–Trinajstić information content (AvgIpc) is 2.76. The molecule has 0 saturated heterocycles. The minimum absolute atomic E-state index is 0.377. The van der Waals surface area contributed by atoms with Crippen LogP contribution in [-0.2, 0) is 4.79 Å². The highest BCUT2D eigenvalue weighted by molar-refractivity contribution is 5.97. The zero-order chi connectivity index (χ0) is 22.2. The number of hydrogen-bond donors (Lipinski definition) is 3. The van der Waals surface area contributed by atoms with E-state index in [1.807, 2.05) is 56.3 Å². The zero-order valence-corrected chi connectivity index (χ0v) is 17.6. The molecular weight excluding hydrogens is 392 g/mol. The van der Waals surface area contributed by atoms with Crippen molar-refractivity contribution in [3.05, 3.63) is 72.1 Å². The van der Waals surface area contributed by atoms with Crippen molar-refractivity contribution in [2.45, 2.75) is 39.2 Å². The molecule has 0 bridgehead atoms. The van der Waals surface area contributed by atoms with Crippen LogP contribution < -0.4 is 10.6 Å². The summed E-state index contributed by atoms with van der Waals surface area (Å²) in [4.78, 5) is 32.9. The van der Waals surface area contributed by atoms with Gasteiger partial charge in [0, 0.05) is 22.9 Å². The van der Waals surface area contributed by atoms with Gasteiger partial charge in [-0.05, 0) is 31.5 Å². The highest BCUT2D eigenvalue weighted by Crippen LogP contribution is 2.22. The van der Waals surface area contributed by atoms with Crippen LogP contribution in [0.3, 0.4) is 0 Å². The first kappa shape index (κ1) is 22.0. The number of amides is 1. The maximum Gasteiger partial charge on any atom is 0.326 e. The highest BCUT2D eigenvalue weighted by atomic mass is 16.4. The predicted octanol–water partition coefficient (Wildman–Crippen LogP) is 4.57. The van der Waals surface area contributed by atoms with E-state index >= 15 is 0 Å². The highest BCUT2D eigenvalue weighted by Gasteiger charge is 2.20. The van der Waals surface area contributed by atoms with E-state index in [4.69, 9.17) is 0 Å². The number of unbranched alkanes of at least 4 members (excludes halogenated alkanes) is 1. The van der Waals surface area contributed by atoms with Gasteiger partial charge in [0.25, 0.3) is 5.91 Å². The molecule has 3 N–H and O–H groups in total. The van der Waals surface area contributed by atoms with Gasteiger partial charge in [0.05, 0.1) is 5.69 Å². The standard InChI is InChI=1S/C24H26N4O3/c1-3-4-13-20(24(30)31)28-23(29)18-11-8-12-19(14-18)27-22-15-21(25-16(2)26-22)17-9-6-5-7-10-17/h5-12,14-15,20H,3-4,13H2,1-2H3,(H,28,29)(H,30,31)(H,25,26,27). The smallest absolute Gasteiger partial charge is 0.326 e. The van der Waals surface area contributed by atoms with E-state index in [0.717, 1.165) is 24.1 Å². The number of carboxylic acid groups (broad SMARTS) is 1. The van der Waals surface area contributed by atoms with Crippen molar-refractivity contribution < 1.29 is 14.7 Å². The zero-order valence-electron chi connectivity index (χ0n) is 17.6. The number of benzene rings is 2. The number of carboxylic acids is 1. The number of carbonyl (C=O) groups excluding carboxylic acids is 1. The normalized spacial score (nSPS) is 11.5. The van der Waals surface area contributed by atoms with Crippen molar-refractivity contribution in [3.8, 4) is 11.3 Å². The topological polar surface area (TPSA) is 104 Å². The Balaban J connectivity index is 1.77. The van der Waals surface area contributed by atoms with E-state index in [1.165, 1.54) is 0 Å². The molecule has 0 radical (unpaired) electrons. The SMILES string of the molecule is CCCCC(NC(=O)c1cccc(Nc2cc(-c3ccccc3)nc(C)n2)c1)C(=O)O. The fourth-order valence-electron chi connectivity index (χ4n) is 3.18. The second-order valence-corrected chi connectivity index (χ2v) is 7.26. The van der Waals surface area contributed by atoms with Crippen LogP contribution in [0.5, 0.6) is 0 Å². The Kier molecular flexibility index (Phi) is 7.32. The summed E-state index contributed by atoms with van der Waals surface area (Å²) in [5.74, 6) is -0.217. The van der Waals surface area contributed by atoms with Gasteiger partial charge in [-0.2, -0.15) is 0 Å². The molecule has 7 heteroatoms. The van der Waals surface area contributed by atoms with E-state index in [1.54, 1.807) is 18.2 Å². The van der Waals surface area contributed by atoms with Gasteiger partial charge in [0.1, 0.15) is 17.7 Å². The van der Waals surface area contributed by atoms with Crippen molar-refractivity contribution in [2.24, 2.45) is 0 Å². The number of aryl methyl sites for hydroxylation is 1. The third-order valence-corrected chi connectivity index (χ3v) is 4.75. The van der Waals surface area contributed by atoms with Gasteiger partial charge in [-0.3, -0.25) is 4.79 Å². The number of rotatable bonds is 9. The molecular formula is C24H26N4O3. The maximum absolute atomic E-state index is 12.6. The van der Waals surface area contributed by atoms with Crippen LogP contribution in [0.4, 0.5) is 11.5 Å². The molecule has 0 spiro atoms. The van der Waals surface area contributed by atoms with Crippen LogP contribution in [0, 0.1) is 6.92 Å². The minimum atomic E-state index is -1.03. The summed E-state index contributed by atoms with van der Waals surface area (Å²) in [6.45, 7) is 3.80. The Morgan fingerprint density at radius 3 is 2.52 bits per heavy atom. The lowest BCUT2D eigenvalue weighted by Crippen LogP contribution is -2.40. The summed E-state index contributed by atoms with van der Waals surface area (Å²) in [6.07, 6.45) is 2.00. The second-order valence-electron chi connectivity index (χ2n) is 7.26. The molecule has 31 heavy (non-hydrogen) atoms. The summed E-state index contributed by atoms with van der Waals surface area (Å²) >= 11 is 0. The van der Waals surface area contributed by atoms with Crippen LogP contribution in [0.15, 0.2) is 60.7 Å². The summed E-state index contributed by atoms with van der Waals surface area (Å²) in [6, 6.07) is 17.6. The first-order valence-corrected chi connectivity index (χ1v) is 10.3. The lowest BCUT2D eigenvalue weighted by molar-refractivity contribution is -0.139. The molecule has 1 amide bonds. The van der Waals surface area contributed by atoms with Gasteiger partial charge in [0.2, 0.25) is 0 Å². The van der Waals surface area contributed by atoms with E-state index in [0.29, 0.717) is 29.3 Å². The summed E-state index contributed by atoms with van der Waals surface area (Å²) < 4.78 is 0. The fraction of sp³-hybridized carbons (Fsp3) is 0.250. The van der Waals surface area contributed by atoms with Gasteiger partial charge in [0.15, 0.2) is 0 Å². The third-order valence-electron chi connectivity index (χ3n) is 4.75. The predicted molar refractivity (Wildman–Crippen MR) is 120 cm³/mol. The van der Waals surface area contributed by atoms with Gasteiger partial charge < -0.3 is 15.7 Å². The van der Waals surface area contributed by atoms with Gasteiger partial charge in [-0.25, -0.2) is 14.8 Å². The number of nitrogens with zero attached hydrogens (tertiary/aromatic N) is 2. The molecule has 0 fully saturated rings. The molecule has 0 saturated carbocycles. The van der Waals surface area contributed by atoms with Crippen LogP contribution >= 0.6 is 0 Å². The lowest BCUT2D eigenvalue weighted by Gasteiger charge is -2.15. The molecule has 1 atom stereocenters. The number of aromatic nitrogens is 2. The number of hydrogen-bond acceptors (Lipinski definition) is 5. The quantitative estimate of drug-likeness (QED) is 0.470. The number of anilines is 2. The number of nitrogens with one attached hydrogen (secondary N) is 2. The van der Waals surface area contributed by atoms with Crippen molar-refractivity contribution in [1.82, 2.24) is 15.3 Å². The van der Waals surface area contributed by atoms with Crippen LogP contribution in [0.1, 0.15) is 42.4 Å². The number of aliphatic carboxylic acids is 1. The summed E-state index contributed by atoms with van der Waals surface area (Å²) in [5.41, 5.74) is 2.83. The van der Waals surface area contributed by atoms with Gasteiger partial charge in [-0.15, -0.1) is 0 Å². The summed E-state index contributed by atoms with van der Waals surface area (Å²) in [5, 5.41) is 15.2. The Bertz CT molecular complexity index is 1050. The Morgan fingerprint density at radius 1 is 1.03 bits per heavy atom. The molecule has 160 valence electrons. The van der Waals surface area contributed by atoms with Gasteiger partial charge >= 0.3 is 5.97 Å². The van der Waals surface area contributed by atoms with E-state index < -0.39 is 17.9 Å². The molecule has 2 aromatic carbocycles. The molecule has 1 heterocycles. The van der Waals surface area contributed by atoms with Crippen molar-refractivity contribution in [1.29, 1.82) is 0 Å². The molecule has 3 rings (SSSR count). The van der Waals surface area contributed by atoms with Crippen molar-refractivity contribution in [2.75, 3.05) is 5.32 Å². The first-order valence-electron chi connectivity index (χ1n) is 10.3. The molecule has 1 unspecified atom stereocenters. The van der Waals surface area contributed by atoms with Crippen LogP contribution in [0.25, 0.3) is 11.3 Å². The second kappa shape index (κ2) is 10.3. The molecule has 0 aliphatic carbocycles. The van der Waals surface area contributed by atoms with Gasteiger partial charge in [-0.1, -0.05) is 56.2 Å². The first-order chi connectivity index (χ1) is 15.0. The lowest BCUT2D eigenvalue weighted by atomic mass is 10.1. The third kappa shape index (κ3) is 6.12. The Hall–Kier alpha value is -3.74. The van der Waals surface area contributed by atoms with Crippen molar-refractivity contribution >= 4 is 23.4 Å². The van der Waals surface area contributed by atoms with Crippen LogP contribution in [0.2, 0.25) is 0 Å². The monoisotopic (exact) mass is 418 g/mol. The van der Waals surface area contributed by atoms with E-state index in [2.05, 4.69) is 20.6 Å². The minimum Gasteiger partial charge on any atom is -0.480 e.